The first-order valence-corrected chi connectivity index (χ1v) is 6.78. The number of ether oxygens (including phenoxy) is 1. The maximum absolute atomic E-state index is 12.2. The molecular formula is C14H18N2O2S. The highest BCUT2D eigenvalue weighted by atomic mass is 32.1. The minimum Gasteiger partial charge on any atom is -0.389 e. The summed E-state index contributed by atoms with van der Waals surface area (Å²) in [5, 5.41) is 2.94. The first kappa shape index (κ1) is 14.0. The molecule has 1 fully saturated rings. The topological polar surface area (TPSA) is 64.3 Å². The highest BCUT2D eigenvalue weighted by molar-refractivity contribution is 7.80. The van der Waals surface area contributed by atoms with Crippen molar-refractivity contribution >= 4 is 28.8 Å². The third-order valence-electron chi connectivity index (χ3n) is 3.37. The summed E-state index contributed by atoms with van der Waals surface area (Å²) >= 11 is 5.05. The van der Waals surface area contributed by atoms with Gasteiger partial charge in [-0.25, -0.2) is 0 Å². The minimum atomic E-state index is 0.00783. The summed E-state index contributed by atoms with van der Waals surface area (Å²) in [6.07, 6.45) is 1.53. The van der Waals surface area contributed by atoms with Crippen LogP contribution < -0.4 is 11.1 Å². The highest BCUT2D eigenvalue weighted by Crippen LogP contribution is 2.22. The Balaban J connectivity index is 2.16. The van der Waals surface area contributed by atoms with E-state index in [-0.39, 0.29) is 11.8 Å². The second kappa shape index (κ2) is 6.12. The van der Waals surface area contributed by atoms with Crippen molar-refractivity contribution < 1.29 is 9.53 Å². The van der Waals surface area contributed by atoms with Crippen molar-refractivity contribution in [2.75, 3.05) is 18.5 Å². The van der Waals surface area contributed by atoms with Crippen molar-refractivity contribution in [1.29, 1.82) is 0 Å². The first-order valence-electron chi connectivity index (χ1n) is 6.37. The Morgan fingerprint density at radius 3 is 2.74 bits per heavy atom. The molecule has 19 heavy (non-hydrogen) atoms. The molecule has 1 aliphatic heterocycles. The summed E-state index contributed by atoms with van der Waals surface area (Å²) < 4.78 is 5.26. The number of hydrogen-bond donors (Lipinski definition) is 2. The van der Waals surface area contributed by atoms with Crippen LogP contribution in [0.2, 0.25) is 0 Å². The molecule has 0 radical (unpaired) electrons. The molecule has 102 valence electrons. The number of nitrogens with one attached hydrogen (secondary N) is 1. The number of rotatable bonds is 3. The van der Waals surface area contributed by atoms with E-state index in [2.05, 4.69) is 5.32 Å². The van der Waals surface area contributed by atoms with Crippen LogP contribution in [0.15, 0.2) is 18.2 Å². The normalized spacial score (nSPS) is 16.1. The monoisotopic (exact) mass is 278 g/mol. The molecule has 0 aromatic heterocycles. The number of carbonyl (C=O) groups is 1. The van der Waals surface area contributed by atoms with Gasteiger partial charge in [-0.15, -0.1) is 0 Å². The molecule has 0 aliphatic carbocycles. The van der Waals surface area contributed by atoms with E-state index < -0.39 is 0 Å². The number of amides is 1. The largest absolute Gasteiger partial charge is 0.389 e. The third-order valence-corrected chi connectivity index (χ3v) is 3.57. The predicted molar refractivity (Wildman–Crippen MR) is 79.2 cm³/mol. The molecule has 0 spiro atoms. The van der Waals surface area contributed by atoms with Crippen LogP contribution in [0.3, 0.4) is 0 Å². The van der Waals surface area contributed by atoms with Crippen LogP contribution in [-0.2, 0) is 9.53 Å². The van der Waals surface area contributed by atoms with Crippen LogP contribution in [-0.4, -0.2) is 24.1 Å². The number of anilines is 1. The molecule has 1 aliphatic rings. The number of carbonyl (C=O) groups excluding carboxylic acids is 1. The van der Waals surface area contributed by atoms with Gasteiger partial charge in [0.25, 0.3) is 0 Å². The summed E-state index contributed by atoms with van der Waals surface area (Å²) in [6, 6.07) is 5.65. The highest BCUT2D eigenvalue weighted by Gasteiger charge is 2.22. The van der Waals surface area contributed by atoms with E-state index in [9.17, 15) is 4.79 Å². The fourth-order valence-corrected chi connectivity index (χ4v) is 2.56. The van der Waals surface area contributed by atoms with Gasteiger partial charge in [-0.1, -0.05) is 24.4 Å². The van der Waals surface area contributed by atoms with Crippen molar-refractivity contribution in [3.05, 3.63) is 29.3 Å². The molecule has 1 amide bonds. The van der Waals surface area contributed by atoms with Crippen molar-refractivity contribution in [1.82, 2.24) is 0 Å². The van der Waals surface area contributed by atoms with Gasteiger partial charge in [0, 0.05) is 24.7 Å². The fraction of sp³-hybridized carbons (Fsp3) is 0.429. The maximum atomic E-state index is 12.2. The van der Waals surface area contributed by atoms with E-state index in [4.69, 9.17) is 22.7 Å². The van der Waals surface area contributed by atoms with E-state index in [1.54, 1.807) is 0 Å². The Labute approximate surface area is 118 Å². The van der Waals surface area contributed by atoms with Gasteiger partial charge in [0.2, 0.25) is 5.91 Å². The van der Waals surface area contributed by atoms with E-state index >= 15 is 0 Å². The van der Waals surface area contributed by atoms with Crippen LogP contribution in [0, 0.1) is 12.8 Å². The Morgan fingerprint density at radius 1 is 1.42 bits per heavy atom. The SMILES string of the molecule is Cc1cccc(NC(=O)C2CCOCC2)c1C(N)=S. The number of hydrogen-bond acceptors (Lipinski definition) is 3. The molecule has 1 aromatic carbocycles. The van der Waals surface area contributed by atoms with Crippen molar-refractivity contribution in [2.24, 2.45) is 11.7 Å². The summed E-state index contributed by atoms with van der Waals surface area (Å²) in [5.41, 5.74) is 8.15. The lowest BCUT2D eigenvalue weighted by Gasteiger charge is -2.22. The average Bonchev–Trinajstić information content (AvgIpc) is 2.39. The van der Waals surface area contributed by atoms with Gasteiger partial charge in [-0.2, -0.15) is 0 Å². The Hall–Kier alpha value is -1.46. The summed E-state index contributed by atoms with van der Waals surface area (Å²) in [7, 11) is 0. The lowest BCUT2D eigenvalue weighted by atomic mass is 9.98. The zero-order chi connectivity index (χ0) is 13.8. The van der Waals surface area contributed by atoms with Crippen molar-refractivity contribution in [3.63, 3.8) is 0 Å². The van der Waals surface area contributed by atoms with E-state index in [0.717, 1.165) is 24.0 Å². The van der Waals surface area contributed by atoms with Gasteiger partial charge >= 0.3 is 0 Å². The smallest absolute Gasteiger partial charge is 0.227 e. The molecule has 0 bridgehead atoms. The van der Waals surface area contributed by atoms with Gasteiger partial charge in [0.15, 0.2) is 0 Å². The Kier molecular flexibility index (Phi) is 4.50. The maximum Gasteiger partial charge on any atom is 0.227 e. The van der Waals surface area contributed by atoms with Gasteiger partial charge < -0.3 is 15.8 Å². The molecule has 0 atom stereocenters. The van der Waals surface area contributed by atoms with Gasteiger partial charge in [-0.3, -0.25) is 4.79 Å². The zero-order valence-corrected chi connectivity index (χ0v) is 11.8. The van der Waals surface area contributed by atoms with E-state index in [1.165, 1.54) is 0 Å². The molecule has 2 rings (SSSR count). The second-order valence-electron chi connectivity index (χ2n) is 4.74. The van der Waals surface area contributed by atoms with Gasteiger partial charge in [0.1, 0.15) is 4.99 Å². The number of thiocarbonyl (C=S) groups is 1. The molecular weight excluding hydrogens is 260 g/mol. The Bertz CT molecular complexity index is 496. The van der Waals surface area contributed by atoms with Gasteiger partial charge in [0.05, 0.1) is 5.69 Å². The first-order chi connectivity index (χ1) is 9.09. The van der Waals surface area contributed by atoms with Crippen molar-refractivity contribution in [3.8, 4) is 0 Å². The van der Waals surface area contributed by atoms with Gasteiger partial charge in [-0.05, 0) is 31.4 Å². The standard InChI is InChI=1S/C14H18N2O2S/c1-9-3-2-4-11(12(9)13(15)19)16-14(17)10-5-7-18-8-6-10/h2-4,10H,5-8H2,1H3,(H2,15,19)(H,16,17). The second-order valence-corrected chi connectivity index (χ2v) is 5.18. The molecule has 0 unspecified atom stereocenters. The van der Waals surface area contributed by atoms with Crippen LogP contribution in [0.5, 0.6) is 0 Å². The van der Waals surface area contributed by atoms with Crippen LogP contribution in [0.25, 0.3) is 0 Å². The summed E-state index contributed by atoms with van der Waals surface area (Å²) in [6.45, 7) is 3.22. The molecule has 0 saturated carbocycles. The van der Waals surface area contributed by atoms with Crippen molar-refractivity contribution in [2.45, 2.75) is 19.8 Å². The molecule has 5 heteroatoms. The summed E-state index contributed by atoms with van der Waals surface area (Å²) in [5.74, 6) is 0.0276. The van der Waals surface area contributed by atoms with Crippen LogP contribution >= 0.6 is 12.2 Å². The lowest BCUT2D eigenvalue weighted by molar-refractivity contribution is -0.122. The molecule has 3 N–H and O–H groups in total. The van der Waals surface area contributed by atoms with E-state index in [1.807, 2.05) is 25.1 Å². The number of benzene rings is 1. The molecule has 1 aromatic rings. The quantitative estimate of drug-likeness (QED) is 0.830. The zero-order valence-electron chi connectivity index (χ0n) is 10.9. The lowest BCUT2D eigenvalue weighted by Crippen LogP contribution is -2.29. The Morgan fingerprint density at radius 2 is 2.11 bits per heavy atom. The van der Waals surface area contributed by atoms with Crippen LogP contribution in [0.4, 0.5) is 5.69 Å². The minimum absolute atomic E-state index is 0.00783. The number of nitrogens with two attached hydrogens (primary N) is 1. The fourth-order valence-electron chi connectivity index (χ4n) is 2.29. The summed E-state index contributed by atoms with van der Waals surface area (Å²) in [4.78, 5) is 12.5. The molecule has 1 saturated heterocycles. The third kappa shape index (κ3) is 3.30. The molecule has 4 nitrogen and oxygen atoms in total. The number of aryl methyl sites for hydroxylation is 1. The van der Waals surface area contributed by atoms with E-state index in [0.29, 0.717) is 23.9 Å². The average molecular weight is 278 g/mol. The predicted octanol–water partition coefficient (Wildman–Crippen LogP) is 1.99. The molecule has 1 heterocycles. The van der Waals surface area contributed by atoms with Crippen LogP contribution in [0.1, 0.15) is 24.0 Å².